The third-order valence-corrected chi connectivity index (χ3v) is 8.23. The molecule has 6 nitrogen and oxygen atoms in total. The second kappa shape index (κ2) is 25.8. The van der Waals surface area contributed by atoms with Gasteiger partial charge < -0.3 is 28.7 Å². The van der Waals surface area contributed by atoms with Gasteiger partial charge in [0, 0.05) is 31.9 Å². The van der Waals surface area contributed by atoms with Crippen LogP contribution in [-0.4, -0.2) is 64.6 Å². The van der Waals surface area contributed by atoms with E-state index in [9.17, 15) is 22.0 Å². The van der Waals surface area contributed by atoms with Crippen molar-refractivity contribution in [3.05, 3.63) is 113 Å². The molecule has 11 heteroatoms. The lowest BCUT2D eigenvalue weighted by Gasteiger charge is -2.34. The van der Waals surface area contributed by atoms with Crippen molar-refractivity contribution in [2.24, 2.45) is 23.7 Å². The molecule has 1 aliphatic heterocycles. The zero-order valence-electron chi connectivity index (χ0n) is 36.3. The third-order valence-electron chi connectivity index (χ3n) is 8.23. The Hall–Kier alpha value is -4.51. The largest absolute Gasteiger partial charge is 0.493 e. The first-order chi connectivity index (χ1) is 27.4. The van der Waals surface area contributed by atoms with Gasteiger partial charge in [-0.1, -0.05) is 90.8 Å². The minimum atomic E-state index is -2.19. The molecule has 1 heterocycles. The molecule has 0 N–H and O–H groups in total. The normalized spacial score (nSPS) is 12.7. The van der Waals surface area contributed by atoms with Crippen LogP contribution < -0.4 is 23.8 Å². The van der Waals surface area contributed by atoms with Gasteiger partial charge in [-0.15, -0.1) is 0 Å². The number of halogens is 5. The number of likely N-dealkylation sites (N-methyl/N-ethyl adjacent to an activating group) is 1. The minimum absolute atomic E-state index is 0.102. The molecule has 58 heavy (non-hydrogen) atoms. The van der Waals surface area contributed by atoms with E-state index < -0.39 is 34.8 Å². The third kappa shape index (κ3) is 18.8. The standard InChI is InChI=1S/C15H24N2O.2C11H16O.C10H9F5O/c1-13(2)12-18-15-6-4-14(5-7-15)17-10-8-16(3)9-11-17;2*1-9(2)8-12-11-6-4-10(3)5-7-11;1-4(2)3-16-10-8(14)6(12)5(11)7(13)9(10)15/h4-7,13H,8-12H2,1-3H3;2*4-7,9H,8H2,1-3H3;4H,3H2,1-2H3. The second-order valence-corrected chi connectivity index (χ2v) is 16.1. The summed E-state index contributed by atoms with van der Waals surface area (Å²) in [6.45, 7) is 27.2. The number of rotatable bonds is 13. The lowest BCUT2D eigenvalue weighted by atomic mass is 10.2. The topological polar surface area (TPSA) is 43.4 Å². The zero-order chi connectivity index (χ0) is 43.4. The predicted octanol–water partition coefficient (Wildman–Crippen LogP) is 11.9. The molecule has 1 saturated heterocycles. The first kappa shape index (κ1) is 49.6. The van der Waals surface area contributed by atoms with E-state index in [4.69, 9.17) is 14.2 Å². The fraction of sp³-hybridized carbons (Fsp3) is 0.489. The number of hydrogen-bond acceptors (Lipinski definition) is 6. The summed E-state index contributed by atoms with van der Waals surface area (Å²) in [5, 5.41) is 0. The highest BCUT2D eigenvalue weighted by Gasteiger charge is 2.27. The van der Waals surface area contributed by atoms with Gasteiger partial charge in [-0.05, 0) is 93.1 Å². The molecule has 0 saturated carbocycles. The van der Waals surface area contributed by atoms with Crippen molar-refractivity contribution >= 4 is 5.69 Å². The van der Waals surface area contributed by atoms with Crippen LogP contribution >= 0.6 is 0 Å². The van der Waals surface area contributed by atoms with Crippen LogP contribution in [0.5, 0.6) is 23.0 Å². The Bertz CT molecular complexity index is 1640. The van der Waals surface area contributed by atoms with Crippen molar-refractivity contribution in [2.75, 3.05) is 64.6 Å². The van der Waals surface area contributed by atoms with E-state index in [0.29, 0.717) is 17.8 Å². The predicted molar refractivity (Wildman–Crippen MR) is 226 cm³/mol. The Balaban J connectivity index is 0.000000271. The first-order valence-corrected chi connectivity index (χ1v) is 20.1. The van der Waals surface area contributed by atoms with E-state index in [2.05, 4.69) is 126 Å². The molecule has 1 aliphatic rings. The lowest BCUT2D eigenvalue weighted by Crippen LogP contribution is -2.44. The molecule has 0 bridgehead atoms. The molecule has 0 spiro atoms. The van der Waals surface area contributed by atoms with Crippen LogP contribution in [0.1, 0.15) is 66.5 Å². The van der Waals surface area contributed by atoms with E-state index in [0.717, 1.165) is 63.2 Å². The van der Waals surface area contributed by atoms with Gasteiger partial charge >= 0.3 is 0 Å². The Morgan fingerprint density at radius 1 is 0.431 bits per heavy atom. The summed E-state index contributed by atoms with van der Waals surface area (Å²) in [5.41, 5.74) is 3.85. The Morgan fingerprint density at radius 3 is 1.05 bits per heavy atom. The van der Waals surface area contributed by atoms with Gasteiger partial charge in [0.2, 0.25) is 29.1 Å². The summed E-state index contributed by atoms with van der Waals surface area (Å²) in [6, 6.07) is 24.8. The van der Waals surface area contributed by atoms with Gasteiger partial charge in [0.25, 0.3) is 0 Å². The van der Waals surface area contributed by atoms with Gasteiger partial charge in [0.15, 0.2) is 5.75 Å². The summed E-state index contributed by atoms with van der Waals surface area (Å²) in [4.78, 5) is 4.81. The molecule has 0 radical (unpaired) electrons. The fourth-order valence-electron chi connectivity index (χ4n) is 4.84. The van der Waals surface area contributed by atoms with Crippen LogP contribution in [0.15, 0.2) is 72.8 Å². The van der Waals surface area contributed by atoms with Gasteiger partial charge in [-0.3, -0.25) is 0 Å². The van der Waals surface area contributed by atoms with Crippen LogP contribution in [0.3, 0.4) is 0 Å². The highest BCUT2D eigenvalue weighted by Crippen LogP contribution is 2.29. The number of benzene rings is 4. The molecule has 4 aromatic rings. The molecule has 322 valence electrons. The number of anilines is 1. The summed E-state index contributed by atoms with van der Waals surface area (Å²) in [5.74, 6) is -6.76. The molecule has 4 aromatic carbocycles. The van der Waals surface area contributed by atoms with Crippen LogP contribution in [-0.2, 0) is 0 Å². The second-order valence-electron chi connectivity index (χ2n) is 16.1. The summed E-state index contributed by atoms with van der Waals surface area (Å²) in [7, 11) is 2.18. The summed E-state index contributed by atoms with van der Waals surface area (Å²) < 4.78 is 85.3. The van der Waals surface area contributed by atoms with E-state index in [1.165, 1.54) is 16.8 Å². The average molecular weight is 817 g/mol. The molecule has 0 unspecified atom stereocenters. The van der Waals surface area contributed by atoms with E-state index in [-0.39, 0.29) is 12.5 Å². The van der Waals surface area contributed by atoms with Crippen LogP contribution in [0.4, 0.5) is 27.6 Å². The molecule has 0 atom stereocenters. The molecule has 0 aromatic heterocycles. The quantitative estimate of drug-likeness (QED) is 0.0761. The van der Waals surface area contributed by atoms with E-state index in [1.54, 1.807) is 13.8 Å². The van der Waals surface area contributed by atoms with Crippen LogP contribution in [0, 0.1) is 66.6 Å². The first-order valence-electron chi connectivity index (χ1n) is 20.1. The van der Waals surface area contributed by atoms with Gasteiger partial charge in [-0.25, -0.2) is 13.2 Å². The zero-order valence-corrected chi connectivity index (χ0v) is 36.3. The molecular weight excluding hydrogens is 752 g/mol. The Labute approximate surface area is 344 Å². The molecular formula is C47H65F5N2O4. The molecule has 0 amide bonds. The minimum Gasteiger partial charge on any atom is -0.493 e. The Kier molecular flexibility index (Phi) is 22.1. The van der Waals surface area contributed by atoms with Gasteiger partial charge in [0.1, 0.15) is 17.2 Å². The number of ether oxygens (including phenoxy) is 4. The fourth-order valence-corrected chi connectivity index (χ4v) is 4.84. The molecule has 1 fully saturated rings. The van der Waals surface area contributed by atoms with Crippen molar-refractivity contribution in [3.63, 3.8) is 0 Å². The average Bonchev–Trinajstić information content (AvgIpc) is 3.19. The summed E-state index contributed by atoms with van der Waals surface area (Å²) in [6.07, 6.45) is 0. The van der Waals surface area contributed by atoms with Crippen molar-refractivity contribution in [1.29, 1.82) is 0 Å². The lowest BCUT2D eigenvalue weighted by molar-refractivity contribution is 0.233. The monoisotopic (exact) mass is 816 g/mol. The maximum Gasteiger partial charge on any atom is 0.206 e. The van der Waals surface area contributed by atoms with Crippen molar-refractivity contribution in [2.45, 2.75) is 69.2 Å². The smallest absolute Gasteiger partial charge is 0.206 e. The van der Waals surface area contributed by atoms with Crippen molar-refractivity contribution < 1.29 is 40.9 Å². The van der Waals surface area contributed by atoms with Crippen molar-refractivity contribution in [3.8, 4) is 23.0 Å². The highest BCUT2D eigenvalue weighted by molar-refractivity contribution is 5.49. The number of aryl methyl sites for hydroxylation is 2. The number of piperazine rings is 1. The number of hydrogen-bond donors (Lipinski definition) is 0. The van der Waals surface area contributed by atoms with E-state index >= 15 is 0 Å². The summed E-state index contributed by atoms with van der Waals surface area (Å²) >= 11 is 0. The number of nitrogens with zero attached hydrogens (tertiary/aromatic N) is 2. The van der Waals surface area contributed by atoms with Gasteiger partial charge in [0.05, 0.1) is 26.4 Å². The van der Waals surface area contributed by atoms with Crippen LogP contribution in [0.25, 0.3) is 0 Å². The van der Waals surface area contributed by atoms with Crippen molar-refractivity contribution in [1.82, 2.24) is 4.90 Å². The van der Waals surface area contributed by atoms with Crippen LogP contribution in [0.2, 0.25) is 0 Å². The maximum atomic E-state index is 13.0. The highest BCUT2D eigenvalue weighted by atomic mass is 19.2. The maximum absolute atomic E-state index is 13.0. The van der Waals surface area contributed by atoms with E-state index in [1.807, 2.05) is 24.3 Å². The molecule has 5 rings (SSSR count). The Morgan fingerprint density at radius 2 is 0.724 bits per heavy atom. The molecule has 0 aliphatic carbocycles. The SMILES string of the molecule is CC(C)COc1c(F)c(F)c(F)c(F)c1F.CC(C)COc1ccc(N2CCN(C)CC2)cc1.Cc1ccc(OCC(C)C)cc1.Cc1ccc(OCC(C)C)cc1. The van der Waals surface area contributed by atoms with Gasteiger partial charge in [-0.2, -0.15) is 8.78 Å².